The Balaban J connectivity index is 1.86. The van der Waals surface area contributed by atoms with Crippen LogP contribution in [0, 0.1) is 0 Å². The van der Waals surface area contributed by atoms with E-state index in [0.29, 0.717) is 17.2 Å². The fraction of sp³-hybridized carbons (Fsp3) is 0.158. The summed E-state index contributed by atoms with van der Waals surface area (Å²) in [4.78, 5) is 16.3. The van der Waals surface area contributed by atoms with Gasteiger partial charge in [-0.2, -0.15) is 0 Å². The average Bonchev–Trinajstić information content (AvgIpc) is 2.94. The van der Waals surface area contributed by atoms with Crippen molar-refractivity contribution in [1.82, 2.24) is 0 Å². The van der Waals surface area contributed by atoms with Crippen LogP contribution < -0.4 is 4.74 Å². The molecule has 1 aliphatic rings. The molecule has 0 fully saturated rings. The van der Waals surface area contributed by atoms with Crippen molar-refractivity contribution in [2.45, 2.75) is 13.3 Å². The van der Waals surface area contributed by atoms with E-state index in [2.05, 4.69) is 4.99 Å². The van der Waals surface area contributed by atoms with Gasteiger partial charge in [0, 0.05) is 10.6 Å². The highest BCUT2D eigenvalue weighted by Gasteiger charge is 2.24. The summed E-state index contributed by atoms with van der Waals surface area (Å²) in [5.74, 6) is 0.536. The molecular weight excluding hydrogens is 326 g/mol. The molecule has 1 heterocycles. The number of esters is 1. The largest absolute Gasteiger partial charge is 0.494 e. The monoisotopic (exact) mass is 341 g/mol. The van der Waals surface area contributed by atoms with Crippen LogP contribution in [0.25, 0.3) is 6.08 Å². The highest BCUT2D eigenvalue weighted by Crippen LogP contribution is 2.22. The van der Waals surface area contributed by atoms with Crippen LogP contribution in [0.5, 0.6) is 5.75 Å². The average molecular weight is 342 g/mol. The molecule has 0 aliphatic carbocycles. The number of cyclic esters (lactones) is 1. The predicted molar refractivity (Wildman–Crippen MR) is 94.3 cm³/mol. The van der Waals surface area contributed by atoms with Crippen molar-refractivity contribution >= 4 is 29.5 Å². The van der Waals surface area contributed by atoms with Crippen LogP contribution in [0.3, 0.4) is 0 Å². The van der Waals surface area contributed by atoms with Gasteiger partial charge in [0.05, 0.1) is 6.61 Å². The Morgan fingerprint density at radius 3 is 2.83 bits per heavy atom. The molecular formula is C19H16ClNO3. The first-order valence-corrected chi connectivity index (χ1v) is 8.05. The second-order valence-electron chi connectivity index (χ2n) is 5.27. The van der Waals surface area contributed by atoms with E-state index < -0.39 is 5.97 Å². The van der Waals surface area contributed by atoms with Crippen LogP contribution in [-0.2, 0) is 9.53 Å². The first-order chi connectivity index (χ1) is 11.7. The van der Waals surface area contributed by atoms with Crippen molar-refractivity contribution in [3.63, 3.8) is 0 Å². The molecule has 5 heteroatoms. The summed E-state index contributed by atoms with van der Waals surface area (Å²) in [6.45, 7) is 2.70. The molecule has 0 atom stereocenters. The maximum atomic E-state index is 12.0. The van der Waals surface area contributed by atoms with Crippen LogP contribution in [-0.4, -0.2) is 18.5 Å². The molecule has 0 radical (unpaired) electrons. The van der Waals surface area contributed by atoms with E-state index in [9.17, 15) is 4.79 Å². The van der Waals surface area contributed by atoms with Crippen molar-refractivity contribution in [2.75, 3.05) is 6.61 Å². The van der Waals surface area contributed by atoms with Crippen molar-refractivity contribution in [1.29, 1.82) is 0 Å². The minimum atomic E-state index is -0.482. The Labute approximate surface area is 145 Å². The van der Waals surface area contributed by atoms with E-state index in [4.69, 9.17) is 21.1 Å². The summed E-state index contributed by atoms with van der Waals surface area (Å²) in [5.41, 5.74) is 1.74. The van der Waals surface area contributed by atoms with Gasteiger partial charge in [0.1, 0.15) is 5.75 Å². The lowest BCUT2D eigenvalue weighted by molar-refractivity contribution is -0.129. The zero-order chi connectivity index (χ0) is 16.9. The summed E-state index contributed by atoms with van der Waals surface area (Å²) < 4.78 is 10.8. The molecule has 2 aromatic rings. The molecule has 24 heavy (non-hydrogen) atoms. The van der Waals surface area contributed by atoms with Gasteiger partial charge < -0.3 is 9.47 Å². The molecule has 3 rings (SSSR count). The van der Waals surface area contributed by atoms with Crippen molar-refractivity contribution in [2.24, 2.45) is 4.99 Å². The van der Waals surface area contributed by atoms with E-state index in [0.717, 1.165) is 17.7 Å². The van der Waals surface area contributed by atoms with E-state index in [1.165, 1.54) is 0 Å². The van der Waals surface area contributed by atoms with Crippen LogP contribution in [0.4, 0.5) is 0 Å². The number of ether oxygens (including phenoxy) is 2. The van der Waals surface area contributed by atoms with Gasteiger partial charge in [-0.15, -0.1) is 0 Å². The van der Waals surface area contributed by atoms with Crippen LogP contribution in [0.1, 0.15) is 24.5 Å². The molecule has 0 aromatic heterocycles. The number of hydrogen-bond acceptors (Lipinski definition) is 4. The van der Waals surface area contributed by atoms with Crippen molar-refractivity contribution in [3.05, 3.63) is 70.4 Å². The summed E-state index contributed by atoms with van der Waals surface area (Å²) in [5, 5.41) is 0.560. The van der Waals surface area contributed by atoms with Gasteiger partial charge in [-0.25, -0.2) is 9.79 Å². The standard InChI is InChI=1S/C19H16ClNO3/c1-2-9-23-16-8-3-5-13(10-16)11-17-19(22)24-18(21-17)14-6-4-7-15(20)12-14/h3-8,10-12H,2,9H2,1H3. The molecule has 0 saturated carbocycles. The Bertz CT molecular complexity index is 827. The lowest BCUT2D eigenvalue weighted by atomic mass is 10.2. The molecule has 122 valence electrons. The number of carbonyl (C=O) groups is 1. The minimum Gasteiger partial charge on any atom is -0.494 e. The van der Waals surface area contributed by atoms with Crippen molar-refractivity contribution < 1.29 is 14.3 Å². The van der Waals surface area contributed by atoms with E-state index in [1.807, 2.05) is 31.2 Å². The number of aliphatic imine (C=N–C) groups is 1. The molecule has 1 aliphatic heterocycles. The first kappa shape index (κ1) is 16.3. The summed E-state index contributed by atoms with van der Waals surface area (Å²) in [7, 11) is 0. The number of benzene rings is 2. The molecule has 0 spiro atoms. The third kappa shape index (κ3) is 3.84. The Morgan fingerprint density at radius 2 is 2.04 bits per heavy atom. The molecule has 0 bridgehead atoms. The Morgan fingerprint density at radius 1 is 1.21 bits per heavy atom. The SMILES string of the molecule is CCCOc1cccc(C=C2N=C(c3cccc(Cl)c3)OC2=O)c1. The zero-order valence-electron chi connectivity index (χ0n) is 13.2. The summed E-state index contributed by atoms with van der Waals surface area (Å²) in [6.07, 6.45) is 2.61. The lowest BCUT2D eigenvalue weighted by Crippen LogP contribution is -2.05. The first-order valence-electron chi connectivity index (χ1n) is 7.67. The quantitative estimate of drug-likeness (QED) is 0.595. The number of hydrogen-bond donors (Lipinski definition) is 0. The zero-order valence-corrected chi connectivity index (χ0v) is 13.9. The van der Waals surface area contributed by atoms with Crippen LogP contribution in [0.2, 0.25) is 5.02 Å². The molecule has 4 nitrogen and oxygen atoms in total. The maximum absolute atomic E-state index is 12.0. The fourth-order valence-electron chi connectivity index (χ4n) is 2.23. The second-order valence-corrected chi connectivity index (χ2v) is 5.70. The number of carbonyl (C=O) groups excluding carboxylic acids is 1. The summed E-state index contributed by atoms with van der Waals surface area (Å²) in [6, 6.07) is 14.5. The molecule has 0 amide bonds. The highest BCUT2D eigenvalue weighted by atomic mass is 35.5. The second kappa shape index (κ2) is 7.32. The van der Waals surface area contributed by atoms with Crippen molar-refractivity contribution in [3.8, 4) is 5.75 Å². The maximum Gasteiger partial charge on any atom is 0.363 e. The molecule has 2 aromatic carbocycles. The molecule has 0 unspecified atom stereocenters. The van der Waals surface area contributed by atoms with E-state index >= 15 is 0 Å². The third-order valence-corrected chi connectivity index (χ3v) is 3.56. The van der Waals surface area contributed by atoms with Gasteiger partial charge in [0.2, 0.25) is 5.90 Å². The fourth-order valence-corrected chi connectivity index (χ4v) is 2.42. The van der Waals surface area contributed by atoms with E-state index in [-0.39, 0.29) is 11.6 Å². The topological polar surface area (TPSA) is 47.9 Å². The number of halogens is 1. The van der Waals surface area contributed by atoms with Gasteiger partial charge in [0.15, 0.2) is 5.70 Å². The van der Waals surface area contributed by atoms with Gasteiger partial charge >= 0.3 is 5.97 Å². The van der Waals surface area contributed by atoms with Gasteiger partial charge in [-0.3, -0.25) is 0 Å². The predicted octanol–water partition coefficient (Wildman–Crippen LogP) is 4.47. The van der Waals surface area contributed by atoms with Crippen LogP contribution >= 0.6 is 11.6 Å². The molecule has 0 N–H and O–H groups in total. The van der Waals surface area contributed by atoms with Crippen LogP contribution in [0.15, 0.2) is 59.2 Å². The smallest absolute Gasteiger partial charge is 0.363 e. The summed E-state index contributed by atoms with van der Waals surface area (Å²) >= 11 is 5.96. The third-order valence-electron chi connectivity index (χ3n) is 3.33. The van der Waals surface area contributed by atoms with Gasteiger partial charge in [-0.1, -0.05) is 36.7 Å². The Hall–Kier alpha value is -2.59. The lowest BCUT2D eigenvalue weighted by Gasteiger charge is -2.04. The molecule has 0 saturated heterocycles. The number of nitrogens with zero attached hydrogens (tertiary/aromatic N) is 1. The normalized spacial score (nSPS) is 15.3. The van der Waals surface area contributed by atoms with Gasteiger partial charge in [0.25, 0.3) is 0 Å². The van der Waals surface area contributed by atoms with E-state index in [1.54, 1.807) is 30.3 Å². The number of rotatable bonds is 5. The van der Waals surface area contributed by atoms with Gasteiger partial charge in [-0.05, 0) is 48.4 Å². The Kier molecular flexibility index (Phi) is 4.96. The minimum absolute atomic E-state index is 0.248. The highest BCUT2D eigenvalue weighted by molar-refractivity contribution is 6.31.